The quantitative estimate of drug-likeness (QED) is 0.739. The number of amides is 1. The van der Waals surface area contributed by atoms with Crippen molar-refractivity contribution in [1.82, 2.24) is 5.32 Å². The second-order valence-corrected chi connectivity index (χ2v) is 3.44. The molecule has 0 aliphatic heterocycles. The van der Waals surface area contributed by atoms with Crippen molar-refractivity contribution in [2.45, 2.75) is 6.92 Å². The van der Waals surface area contributed by atoms with Gasteiger partial charge >= 0.3 is 0 Å². The highest BCUT2D eigenvalue weighted by Gasteiger charge is 2.08. The summed E-state index contributed by atoms with van der Waals surface area (Å²) in [6.45, 7) is 7.31. The Morgan fingerprint density at radius 1 is 1.44 bits per heavy atom. The second kappa shape index (κ2) is 6.67. The zero-order valence-corrected chi connectivity index (χ0v) is 9.65. The van der Waals surface area contributed by atoms with Crippen molar-refractivity contribution in [3.8, 4) is 0 Å². The third kappa shape index (κ3) is 3.77. The van der Waals surface area contributed by atoms with Crippen molar-refractivity contribution in [2.75, 3.05) is 24.5 Å². The van der Waals surface area contributed by atoms with E-state index in [-0.39, 0.29) is 5.91 Å². The molecule has 3 heteroatoms. The molecule has 0 fully saturated rings. The fourth-order valence-corrected chi connectivity index (χ4v) is 1.44. The molecule has 0 heterocycles. The lowest BCUT2D eigenvalue weighted by Gasteiger charge is -2.22. The molecule has 0 radical (unpaired) electrons. The van der Waals surface area contributed by atoms with Crippen molar-refractivity contribution < 1.29 is 4.79 Å². The number of benzene rings is 1. The molecule has 16 heavy (non-hydrogen) atoms. The first kappa shape index (κ1) is 12.3. The monoisotopic (exact) mass is 218 g/mol. The molecule has 0 aromatic heterocycles. The molecule has 1 rings (SSSR count). The average Bonchev–Trinajstić information content (AvgIpc) is 2.34. The van der Waals surface area contributed by atoms with Gasteiger partial charge in [-0.05, 0) is 19.1 Å². The Morgan fingerprint density at radius 2 is 2.12 bits per heavy atom. The highest BCUT2D eigenvalue weighted by Crippen LogP contribution is 2.11. The predicted octanol–water partition coefficient (Wildman–Crippen LogP) is 1.82. The number of para-hydroxylation sites is 1. The van der Waals surface area contributed by atoms with Crippen molar-refractivity contribution >= 4 is 11.6 Å². The number of nitrogens with one attached hydrogen (secondary N) is 1. The summed E-state index contributed by atoms with van der Waals surface area (Å²) >= 11 is 0. The van der Waals surface area contributed by atoms with Gasteiger partial charge in [-0.15, -0.1) is 6.58 Å². The van der Waals surface area contributed by atoms with Crippen LogP contribution in [0.2, 0.25) is 0 Å². The van der Waals surface area contributed by atoms with Crippen molar-refractivity contribution in [1.29, 1.82) is 0 Å². The van der Waals surface area contributed by atoms with E-state index >= 15 is 0 Å². The van der Waals surface area contributed by atoms with Crippen LogP contribution in [-0.4, -0.2) is 25.5 Å². The van der Waals surface area contributed by atoms with Gasteiger partial charge in [0.05, 0.1) is 6.54 Å². The van der Waals surface area contributed by atoms with Crippen LogP contribution in [0.1, 0.15) is 6.92 Å². The van der Waals surface area contributed by atoms with E-state index in [1.54, 1.807) is 6.08 Å². The number of likely N-dealkylation sites (N-methyl/N-ethyl adjacent to an activating group) is 1. The molecule has 1 aromatic rings. The van der Waals surface area contributed by atoms with E-state index in [9.17, 15) is 4.79 Å². The molecule has 0 aliphatic rings. The Morgan fingerprint density at radius 3 is 2.69 bits per heavy atom. The summed E-state index contributed by atoms with van der Waals surface area (Å²) < 4.78 is 0. The van der Waals surface area contributed by atoms with Crippen LogP contribution in [0.5, 0.6) is 0 Å². The van der Waals surface area contributed by atoms with Gasteiger partial charge in [0.1, 0.15) is 0 Å². The molecule has 86 valence electrons. The molecule has 1 amide bonds. The number of rotatable bonds is 6. The number of anilines is 1. The smallest absolute Gasteiger partial charge is 0.239 e. The molecule has 0 saturated heterocycles. The first-order valence-corrected chi connectivity index (χ1v) is 5.45. The second-order valence-electron chi connectivity index (χ2n) is 3.44. The molecule has 1 aromatic carbocycles. The Balaban J connectivity index is 2.55. The average molecular weight is 218 g/mol. The molecule has 1 N–H and O–H groups in total. The van der Waals surface area contributed by atoms with Crippen LogP contribution in [0.3, 0.4) is 0 Å². The zero-order chi connectivity index (χ0) is 11.8. The third-order valence-corrected chi connectivity index (χ3v) is 2.28. The van der Waals surface area contributed by atoms with Gasteiger partial charge < -0.3 is 10.2 Å². The summed E-state index contributed by atoms with van der Waals surface area (Å²) in [5, 5.41) is 2.77. The summed E-state index contributed by atoms with van der Waals surface area (Å²) in [5.74, 6) is 0.0191. The number of hydrogen-bond acceptors (Lipinski definition) is 2. The maximum absolute atomic E-state index is 11.5. The van der Waals surface area contributed by atoms with Crippen LogP contribution < -0.4 is 10.2 Å². The largest absolute Gasteiger partial charge is 0.363 e. The molecule has 0 atom stereocenters. The van der Waals surface area contributed by atoms with Crippen LogP contribution >= 0.6 is 0 Å². The van der Waals surface area contributed by atoms with Gasteiger partial charge in [0.25, 0.3) is 0 Å². The van der Waals surface area contributed by atoms with Gasteiger partial charge in [-0.1, -0.05) is 24.3 Å². The highest BCUT2D eigenvalue weighted by atomic mass is 16.2. The summed E-state index contributed by atoms with van der Waals surface area (Å²) in [7, 11) is 0. The Hall–Kier alpha value is -1.77. The van der Waals surface area contributed by atoms with Gasteiger partial charge in [-0.3, -0.25) is 4.79 Å². The van der Waals surface area contributed by atoms with E-state index in [0.717, 1.165) is 12.2 Å². The maximum Gasteiger partial charge on any atom is 0.239 e. The van der Waals surface area contributed by atoms with Gasteiger partial charge in [-0.2, -0.15) is 0 Å². The normalized spacial score (nSPS) is 9.56. The molecule has 0 bridgehead atoms. The lowest BCUT2D eigenvalue weighted by atomic mass is 10.3. The lowest BCUT2D eigenvalue weighted by molar-refractivity contribution is -0.119. The fraction of sp³-hybridized carbons (Fsp3) is 0.308. The van der Waals surface area contributed by atoms with Crippen molar-refractivity contribution in [2.24, 2.45) is 0 Å². The van der Waals surface area contributed by atoms with E-state index in [2.05, 4.69) is 11.9 Å². The Kier molecular flexibility index (Phi) is 5.12. The minimum Gasteiger partial charge on any atom is -0.363 e. The molecule has 3 nitrogen and oxygen atoms in total. The predicted molar refractivity (Wildman–Crippen MR) is 67.5 cm³/mol. The summed E-state index contributed by atoms with van der Waals surface area (Å²) in [4.78, 5) is 13.6. The minimum atomic E-state index is 0.0191. The van der Waals surface area contributed by atoms with Gasteiger partial charge in [0.2, 0.25) is 5.91 Å². The number of carbonyl (C=O) groups is 1. The fourth-order valence-electron chi connectivity index (χ4n) is 1.44. The van der Waals surface area contributed by atoms with E-state index in [4.69, 9.17) is 0 Å². The Labute approximate surface area is 96.8 Å². The number of carbonyl (C=O) groups excluding carboxylic acids is 1. The molecule has 0 unspecified atom stereocenters. The lowest BCUT2D eigenvalue weighted by Crippen LogP contribution is -2.37. The molecular weight excluding hydrogens is 200 g/mol. The maximum atomic E-state index is 11.5. The summed E-state index contributed by atoms with van der Waals surface area (Å²) in [6.07, 6.45) is 1.68. The van der Waals surface area contributed by atoms with Crippen LogP contribution in [0.4, 0.5) is 5.69 Å². The van der Waals surface area contributed by atoms with Gasteiger partial charge in [0, 0.05) is 18.8 Å². The van der Waals surface area contributed by atoms with Crippen LogP contribution in [0.25, 0.3) is 0 Å². The number of nitrogens with zero attached hydrogens (tertiary/aromatic N) is 1. The minimum absolute atomic E-state index is 0.0191. The third-order valence-electron chi connectivity index (χ3n) is 2.28. The van der Waals surface area contributed by atoms with E-state index in [1.807, 2.05) is 42.2 Å². The van der Waals surface area contributed by atoms with E-state index in [1.165, 1.54) is 0 Å². The van der Waals surface area contributed by atoms with Crippen LogP contribution in [0, 0.1) is 0 Å². The molecular formula is C13H18N2O. The van der Waals surface area contributed by atoms with Crippen LogP contribution in [0.15, 0.2) is 43.0 Å². The van der Waals surface area contributed by atoms with Gasteiger partial charge in [-0.25, -0.2) is 0 Å². The number of hydrogen-bond donors (Lipinski definition) is 1. The zero-order valence-electron chi connectivity index (χ0n) is 9.65. The molecule has 0 aliphatic carbocycles. The summed E-state index contributed by atoms with van der Waals surface area (Å²) in [5.41, 5.74) is 1.07. The molecule has 0 saturated carbocycles. The highest BCUT2D eigenvalue weighted by molar-refractivity contribution is 5.81. The summed E-state index contributed by atoms with van der Waals surface area (Å²) in [6, 6.07) is 9.92. The first-order chi connectivity index (χ1) is 7.77. The van der Waals surface area contributed by atoms with Crippen molar-refractivity contribution in [3.63, 3.8) is 0 Å². The topological polar surface area (TPSA) is 32.3 Å². The van der Waals surface area contributed by atoms with Crippen molar-refractivity contribution in [3.05, 3.63) is 43.0 Å². The Bertz CT molecular complexity index is 335. The van der Waals surface area contributed by atoms with Crippen LogP contribution in [-0.2, 0) is 4.79 Å². The first-order valence-electron chi connectivity index (χ1n) is 5.45. The van der Waals surface area contributed by atoms with E-state index < -0.39 is 0 Å². The standard InChI is InChI=1S/C13H18N2O/c1-3-10-14-13(16)11-15(4-2)12-8-6-5-7-9-12/h3,5-9H,1,4,10-11H2,2H3,(H,14,16). The SMILES string of the molecule is C=CCNC(=O)CN(CC)c1ccccc1. The van der Waals surface area contributed by atoms with E-state index in [0.29, 0.717) is 13.1 Å². The molecule has 0 spiro atoms. The van der Waals surface area contributed by atoms with Gasteiger partial charge in [0.15, 0.2) is 0 Å².